The molecule has 30 heavy (non-hydrogen) atoms. The number of benzene rings is 1. The van der Waals surface area contributed by atoms with E-state index >= 15 is 4.39 Å². The van der Waals surface area contributed by atoms with Crippen molar-refractivity contribution in [3.63, 3.8) is 0 Å². The molecule has 1 saturated carbocycles. The van der Waals surface area contributed by atoms with Gasteiger partial charge in [0.25, 0.3) is 5.91 Å². The van der Waals surface area contributed by atoms with Gasteiger partial charge in [0, 0.05) is 54.4 Å². The van der Waals surface area contributed by atoms with E-state index < -0.39 is 17.1 Å². The summed E-state index contributed by atoms with van der Waals surface area (Å²) in [6.07, 6.45) is 3.48. The number of anilines is 1. The van der Waals surface area contributed by atoms with Crippen molar-refractivity contribution >= 4 is 29.2 Å². The summed E-state index contributed by atoms with van der Waals surface area (Å²) in [6, 6.07) is 4.68. The quantitative estimate of drug-likeness (QED) is 0.778. The molecule has 2 heterocycles. The Labute approximate surface area is 179 Å². The van der Waals surface area contributed by atoms with Crippen LogP contribution >= 0.6 is 11.6 Å². The number of primary amides is 1. The van der Waals surface area contributed by atoms with Gasteiger partial charge in [-0.1, -0.05) is 30.7 Å². The maximum atomic E-state index is 15.3. The van der Waals surface area contributed by atoms with Crippen molar-refractivity contribution in [2.75, 3.05) is 26.0 Å². The van der Waals surface area contributed by atoms with E-state index in [0.717, 1.165) is 12.0 Å². The molecule has 1 spiro atoms. The van der Waals surface area contributed by atoms with Crippen LogP contribution in [-0.2, 0) is 10.2 Å². The number of carbonyl (C=O) groups excluding carboxylic acids is 2. The third kappa shape index (κ3) is 2.95. The van der Waals surface area contributed by atoms with Gasteiger partial charge < -0.3 is 16.0 Å². The monoisotopic (exact) mass is 430 g/mol. The summed E-state index contributed by atoms with van der Waals surface area (Å²) < 4.78 is 15.3. The Kier molecular flexibility index (Phi) is 4.77. The van der Waals surface area contributed by atoms with Crippen molar-refractivity contribution in [1.29, 1.82) is 0 Å². The predicted molar refractivity (Wildman–Crippen MR) is 114 cm³/mol. The molecule has 2 atom stereocenters. The van der Waals surface area contributed by atoms with Gasteiger partial charge in [-0.3, -0.25) is 9.59 Å². The van der Waals surface area contributed by atoms with E-state index in [2.05, 4.69) is 10.3 Å². The zero-order valence-electron chi connectivity index (χ0n) is 17.2. The van der Waals surface area contributed by atoms with Crippen LogP contribution in [0.2, 0.25) is 5.02 Å². The number of fused-ring (bicyclic) bond motifs is 2. The molecule has 2 aliphatic rings. The van der Waals surface area contributed by atoms with Crippen molar-refractivity contribution in [3.05, 3.63) is 46.4 Å². The highest BCUT2D eigenvalue weighted by atomic mass is 35.5. The third-order valence-electron chi connectivity index (χ3n) is 6.54. The Bertz CT molecular complexity index is 1070. The number of nitrogens with zero attached hydrogens (tertiary/aromatic N) is 2. The molecular weight excluding hydrogens is 407 g/mol. The van der Waals surface area contributed by atoms with Crippen LogP contribution in [0.1, 0.15) is 42.1 Å². The second-order valence-electron chi connectivity index (χ2n) is 8.81. The van der Waals surface area contributed by atoms with Crippen molar-refractivity contribution in [2.45, 2.75) is 31.6 Å². The van der Waals surface area contributed by atoms with Crippen LogP contribution in [0.25, 0.3) is 11.1 Å². The van der Waals surface area contributed by atoms with Gasteiger partial charge in [0.2, 0.25) is 5.91 Å². The Balaban J connectivity index is 1.83. The summed E-state index contributed by atoms with van der Waals surface area (Å²) in [7, 11) is 3.15. The smallest absolute Gasteiger partial charge is 0.256 e. The average molecular weight is 431 g/mol. The minimum atomic E-state index is -0.631. The summed E-state index contributed by atoms with van der Waals surface area (Å²) in [5.74, 6) is -0.730. The van der Waals surface area contributed by atoms with Crippen LogP contribution in [0.5, 0.6) is 0 Å². The minimum Gasteiger partial charge on any atom is -0.369 e. The van der Waals surface area contributed by atoms with Crippen LogP contribution in [-0.4, -0.2) is 42.3 Å². The topological polar surface area (TPSA) is 88.3 Å². The van der Waals surface area contributed by atoms with Crippen LogP contribution < -0.4 is 11.1 Å². The number of hydrogen-bond acceptors (Lipinski definition) is 4. The van der Waals surface area contributed by atoms with E-state index in [9.17, 15) is 9.59 Å². The number of nitrogens with two attached hydrogens (primary N) is 1. The Morgan fingerprint density at radius 2 is 2.00 bits per heavy atom. The first-order valence-corrected chi connectivity index (χ1v) is 10.2. The van der Waals surface area contributed by atoms with E-state index in [4.69, 9.17) is 17.3 Å². The number of halogens is 2. The highest BCUT2D eigenvalue weighted by Crippen LogP contribution is 2.57. The molecule has 6 nitrogen and oxygen atoms in total. The number of carbonyl (C=O) groups is 2. The van der Waals surface area contributed by atoms with E-state index in [0.29, 0.717) is 35.8 Å². The number of amides is 2. The fourth-order valence-electron chi connectivity index (χ4n) is 4.80. The predicted octanol–water partition coefficient (Wildman–Crippen LogP) is 3.58. The van der Waals surface area contributed by atoms with Gasteiger partial charge in [-0.15, -0.1) is 0 Å². The Morgan fingerprint density at radius 1 is 1.27 bits per heavy atom. The zero-order valence-corrected chi connectivity index (χ0v) is 17.9. The lowest BCUT2D eigenvalue weighted by atomic mass is 9.76. The van der Waals surface area contributed by atoms with E-state index in [1.807, 2.05) is 6.92 Å². The fourth-order valence-corrected chi connectivity index (χ4v) is 5.24. The highest BCUT2D eigenvalue weighted by Gasteiger charge is 2.53. The number of pyridine rings is 1. The maximum absolute atomic E-state index is 15.3. The van der Waals surface area contributed by atoms with Crippen molar-refractivity contribution in [3.8, 4) is 11.1 Å². The van der Waals surface area contributed by atoms with Gasteiger partial charge in [0.15, 0.2) is 0 Å². The highest BCUT2D eigenvalue weighted by molar-refractivity contribution is 6.34. The van der Waals surface area contributed by atoms with Crippen molar-refractivity contribution in [1.82, 2.24) is 9.88 Å². The first kappa shape index (κ1) is 20.6. The first-order valence-electron chi connectivity index (χ1n) is 9.83. The van der Waals surface area contributed by atoms with E-state index in [-0.39, 0.29) is 22.4 Å². The molecule has 3 N–H and O–H groups in total. The summed E-state index contributed by atoms with van der Waals surface area (Å²) in [5.41, 5.74) is 6.08. The van der Waals surface area contributed by atoms with Gasteiger partial charge in [-0.05, 0) is 25.3 Å². The lowest BCUT2D eigenvalue weighted by Crippen LogP contribution is -2.35. The molecule has 1 aromatic carbocycles. The van der Waals surface area contributed by atoms with Gasteiger partial charge >= 0.3 is 0 Å². The number of rotatable bonds is 3. The van der Waals surface area contributed by atoms with Crippen molar-refractivity contribution in [2.24, 2.45) is 11.1 Å². The molecule has 4 rings (SSSR count). The van der Waals surface area contributed by atoms with Crippen molar-refractivity contribution < 1.29 is 14.0 Å². The lowest BCUT2D eigenvalue weighted by molar-refractivity contribution is -0.126. The first-order chi connectivity index (χ1) is 14.1. The van der Waals surface area contributed by atoms with Gasteiger partial charge in [-0.25, -0.2) is 9.37 Å². The molecule has 1 aliphatic carbocycles. The summed E-state index contributed by atoms with van der Waals surface area (Å²) in [5, 5.41) is 3.68. The molecule has 1 fully saturated rings. The molecule has 1 aliphatic heterocycles. The van der Waals surface area contributed by atoms with Crippen LogP contribution in [0.15, 0.2) is 24.4 Å². The van der Waals surface area contributed by atoms with Gasteiger partial charge in [0.1, 0.15) is 11.6 Å². The molecule has 2 aromatic rings. The molecule has 2 unspecified atom stereocenters. The van der Waals surface area contributed by atoms with Crippen LogP contribution in [0.3, 0.4) is 0 Å². The normalized spacial score (nSPS) is 24.6. The molecule has 0 radical (unpaired) electrons. The van der Waals surface area contributed by atoms with Gasteiger partial charge in [-0.2, -0.15) is 0 Å². The molecule has 1 aromatic heterocycles. The summed E-state index contributed by atoms with van der Waals surface area (Å²) >= 11 is 6.84. The number of nitrogens with one attached hydrogen (secondary N) is 1. The number of aromatic nitrogens is 1. The van der Waals surface area contributed by atoms with E-state index in [1.54, 1.807) is 26.2 Å². The van der Waals surface area contributed by atoms with Crippen LogP contribution in [0.4, 0.5) is 10.2 Å². The molecule has 8 heteroatoms. The minimum absolute atomic E-state index is 0.0240. The second-order valence-corrected chi connectivity index (χ2v) is 9.19. The van der Waals surface area contributed by atoms with Crippen LogP contribution in [0, 0.1) is 11.2 Å². The lowest BCUT2D eigenvalue weighted by Gasteiger charge is -2.27. The SMILES string of the molecule is CN(C)C(=O)c1cccc(-c2cnc3c(c2Cl)C2(CCC(C)(C(N)=O)C2)CN3)c1F. The van der Waals surface area contributed by atoms with E-state index in [1.165, 1.54) is 17.2 Å². The molecule has 158 valence electrons. The average Bonchev–Trinajstić information content (AvgIpc) is 3.24. The Hall–Kier alpha value is -2.67. The molecular formula is C22H24ClFN4O2. The summed E-state index contributed by atoms with van der Waals surface area (Å²) in [6.45, 7) is 2.48. The molecule has 0 saturated heterocycles. The van der Waals surface area contributed by atoms with Gasteiger partial charge in [0.05, 0.1) is 10.6 Å². The summed E-state index contributed by atoms with van der Waals surface area (Å²) in [4.78, 5) is 30.2. The fraction of sp³-hybridized carbons (Fsp3) is 0.409. The molecule has 2 amide bonds. The Morgan fingerprint density at radius 3 is 2.63 bits per heavy atom. The largest absolute Gasteiger partial charge is 0.369 e. The molecule has 0 bridgehead atoms. The standard InChI is InChI=1S/C22H24ClFN4O2/c1-21(20(25)30)7-8-22(10-21)11-27-18-15(22)16(23)14(9-26-18)12-5-4-6-13(17(12)24)19(29)28(2)3/h4-6,9H,7-8,10-11H2,1-3H3,(H2,25,30)(H,26,27). The maximum Gasteiger partial charge on any atom is 0.256 e. The zero-order chi connectivity index (χ0) is 21.8. The second kappa shape index (κ2) is 6.94. The number of hydrogen-bond donors (Lipinski definition) is 2. The third-order valence-corrected chi connectivity index (χ3v) is 6.94.